The second kappa shape index (κ2) is 6.15. The van der Waals surface area contributed by atoms with Crippen LogP contribution in [0.5, 0.6) is 0 Å². The van der Waals surface area contributed by atoms with E-state index in [0.717, 1.165) is 16.2 Å². The number of halogens is 3. The molecule has 90 valence electrons. The van der Waals surface area contributed by atoms with E-state index in [1.165, 1.54) is 30.5 Å². The van der Waals surface area contributed by atoms with Gasteiger partial charge in [-0.2, -0.15) is 0 Å². The lowest BCUT2D eigenvalue weighted by Crippen LogP contribution is -2.21. The highest BCUT2D eigenvalue weighted by molar-refractivity contribution is 9.10. The lowest BCUT2D eigenvalue weighted by Gasteiger charge is -2.27. The van der Waals surface area contributed by atoms with Crippen molar-refractivity contribution in [2.75, 3.05) is 5.33 Å². The SMILES string of the molecule is CCCC(C)(CBr)Cc1ccc(F)cc1Br. The normalized spacial score (nSPS) is 14.8. The Bertz CT molecular complexity index is 352. The van der Waals surface area contributed by atoms with Gasteiger partial charge in [0.05, 0.1) is 0 Å². The van der Waals surface area contributed by atoms with Crippen LogP contribution in [0.15, 0.2) is 22.7 Å². The van der Waals surface area contributed by atoms with Gasteiger partial charge in [-0.1, -0.05) is 58.2 Å². The summed E-state index contributed by atoms with van der Waals surface area (Å²) in [5.74, 6) is -0.188. The Morgan fingerprint density at radius 3 is 2.56 bits per heavy atom. The minimum Gasteiger partial charge on any atom is -0.207 e. The molecule has 0 aliphatic carbocycles. The molecule has 0 spiro atoms. The van der Waals surface area contributed by atoms with E-state index in [0.29, 0.717) is 0 Å². The molecule has 0 N–H and O–H groups in total. The van der Waals surface area contributed by atoms with Crippen LogP contribution in [0, 0.1) is 11.2 Å². The molecule has 0 radical (unpaired) electrons. The van der Waals surface area contributed by atoms with Gasteiger partial charge >= 0.3 is 0 Å². The third-order valence-corrected chi connectivity index (χ3v) is 4.90. The Balaban J connectivity index is 2.85. The van der Waals surface area contributed by atoms with Gasteiger partial charge in [-0.25, -0.2) is 4.39 Å². The molecule has 0 aliphatic rings. The Labute approximate surface area is 114 Å². The van der Waals surface area contributed by atoms with E-state index in [9.17, 15) is 4.39 Å². The number of alkyl halides is 1. The molecular formula is C13H17Br2F. The molecule has 0 heterocycles. The maximum absolute atomic E-state index is 13.0. The van der Waals surface area contributed by atoms with Crippen LogP contribution in [0.4, 0.5) is 4.39 Å². The molecule has 0 saturated carbocycles. The van der Waals surface area contributed by atoms with Crippen molar-refractivity contribution in [3.05, 3.63) is 34.1 Å². The first-order valence-corrected chi connectivity index (χ1v) is 7.42. The Hall–Kier alpha value is 0.110. The van der Waals surface area contributed by atoms with E-state index in [4.69, 9.17) is 0 Å². The van der Waals surface area contributed by atoms with E-state index >= 15 is 0 Å². The molecule has 3 heteroatoms. The second-order valence-electron chi connectivity index (χ2n) is 4.61. The van der Waals surface area contributed by atoms with Gasteiger partial charge < -0.3 is 0 Å². The Morgan fingerprint density at radius 2 is 2.06 bits per heavy atom. The maximum atomic E-state index is 13.0. The topological polar surface area (TPSA) is 0 Å². The monoisotopic (exact) mass is 350 g/mol. The molecule has 1 rings (SSSR count). The molecule has 1 unspecified atom stereocenters. The fourth-order valence-corrected chi connectivity index (χ4v) is 2.90. The van der Waals surface area contributed by atoms with Gasteiger partial charge in [0.2, 0.25) is 0 Å². The van der Waals surface area contributed by atoms with E-state index in [2.05, 4.69) is 45.7 Å². The molecule has 0 fully saturated rings. The van der Waals surface area contributed by atoms with Crippen molar-refractivity contribution < 1.29 is 4.39 Å². The van der Waals surface area contributed by atoms with Crippen LogP contribution in [-0.2, 0) is 6.42 Å². The third kappa shape index (κ3) is 3.85. The van der Waals surface area contributed by atoms with Gasteiger partial charge in [0.15, 0.2) is 0 Å². The lowest BCUT2D eigenvalue weighted by molar-refractivity contribution is 0.339. The predicted molar refractivity (Wildman–Crippen MR) is 74.6 cm³/mol. The standard InChI is InChI=1S/C13H17Br2F/c1-3-6-13(2,9-14)8-10-4-5-11(16)7-12(10)15/h4-5,7H,3,6,8-9H2,1-2H3. The minimum atomic E-state index is -0.188. The molecule has 1 aromatic rings. The summed E-state index contributed by atoms with van der Waals surface area (Å²) < 4.78 is 13.8. The van der Waals surface area contributed by atoms with Crippen molar-refractivity contribution in [3.63, 3.8) is 0 Å². The molecule has 1 atom stereocenters. The predicted octanol–water partition coefficient (Wildman–Crippen LogP) is 5.33. The van der Waals surface area contributed by atoms with E-state index in [1.807, 2.05) is 6.07 Å². The smallest absolute Gasteiger partial charge is 0.124 e. The molecule has 16 heavy (non-hydrogen) atoms. The van der Waals surface area contributed by atoms with Crippen LogP contribution in [-0.4, -0.2) is 5.33 Å². The average molecular weight is 352 g/mol. The molecule has 0 amide bonds. The minimum absolute atomic E-state index is 0.188. The molecule has 0 bridgehead atoms. The van der Waals surface area contributed by atoms with Crippen LogP contribution < -0.4 is 0 Å². The van der Waals surface area contributed by atoms with Crippen molar-refractivity contribution >= 4 is 31.9 Å². The number of benzene rings is 1. The van der Waals surface area contributed by atoms with Gasteiger partial charge in [-0.05, 0) is 36.0 Å². The van der Waals surface area contributed by atoms with Gasteiger partial charge in [-0.15, -0.1) is 0 Å². The van der Waals surface area contributed by atoms with Crippen LogP contribution >= 0.6 is 31.9 Å². The van der Waals surface area contributed by atoms with Crippen molar-refractivity contribution in [2.24, 2.45) is 5.41 Å². The number of rotatable bonds is 5. The number of hydrogen-bond donors (Lipinski definition) is 0. The molecule has 0 aromatic heterocycles. The highest BCUT2D eigenvalue weighted by Gasteiger charge is 2.23. The van der Waals surface area contributed by atoms with E-state index in [-0.39, 0.29) is 11.2 Å². The Kier molecular flexibility index (Phi) is 5.45. The summed E-state index contributed by atoms with van der Waals surface area (Å²) in [5, 5.41) is 0.970. The van der Waals surface area contributed by atoms with Crippen LogP contribution in [0.1, 0.15) is 32.3 Å². The first kappa shape index (κ1) is 14.2. The summed E-state index contributed by atoms with van der Waals surface area (Å²) in [6, 6.07) is 4.94. The van der Waals surface area contributed by atoms with Gasteiger partial charge in [0.25, 0.3) is 0 Å². The molecular weight excluding hydrogens is 335 g/mol. The highest BCUT2D eigenvalue weighted by Crippen LogP contribution is 2.33. The highest BCUT2D eigenvalue weighted by atomic mass is 79.9. The largest absolute Gasteiger partial charge is 0.207 e. The Morgan fingerprint density at radius 1 is 1.38 bits per heavy atom. The first-order valence-electron chi connectivity index (χ1n) is 5.50. The summed E-state index contributed by atoms with van der Waals surface area (Å²) in [6.45, 7) is 4.46. The fraction of sp³-hybridized carbons (Fsp3) is 0.538. The zero-order valence-corrected chi connectivity index (χ0v) is 12.9. The van der Waals surface area contributed by atoms with Crippen molar-refractivity contribution in [1.82, 2.24) is 0 Å². The van der Waals surface area contributed by atoms with Gasteiger partial charge in [-0.3, -0.25) is 0 Å². The quantitative estimate of drug-likeness (QED) is 0.629. The van der Waals surface area contributed by atoms with Crippen molar-refractivity contribution in [1.29, 1.82) is 0 Å². The van der Waals surface area contributed by atoms with Gasteiger partial charge in [0.1, 0.15) is 5.82 Å². The molecule has 0 aliphatic heterocycles. The first-order chi connectivity index (χ1) is 7.50. The van der Waals surface area contributed by atoms with Crippen LogP contribution in [0.2, 0.25) is 0 Å². The third-order valence-electron chi connectivity index (χ3n) is 2.81. The summed E-state index contributed by atoms with van der Waals surface area (Å²) in [7, 11) is 0. The molecule has 0 nitrogen and oxygen atoms in total. The number of hydrogen-bond acceptors (Lipinski definition) is 0. The maximum Gasteiger partial charge on any atom is 0.124 e. The molecule has 1 aromatic carbocycles. The van der Waals surface area contributed by atoms with E-state index < -0.39 is 0 Å². The summed E-state index contributed by atoms with van der Waals surface area (Å²) in [6.07, 6.45) is 3.30. The second-order valence-corrected chi connectivity index (χ2v) is 6.02. The van der Waals surface area contributed by atoms with Crippen molar-refractivity contribution in [2.45, 2.75) is 33.1 Å². The zero-order valence-electron chi connectivity index (χ0n) is 9.69. The fourth-order valence-electron chi connectivity index (χ4n) is 1.93. The van der Waals surface area contributed by atoms with Crippen LogP contribution in [0.3, 0.4) is 0 Å². The summed E-state index contributed by atoms with van der Waals surface area (Å²) in [4.78, 5) is 0. The lowest BCUT2D eigenvalue weighted by atomic mass is 9.82. The van der Waals surface area contributed by atoms with Crippen molar-refractivity contribution in [3.8, 4) is 0 Å². The van der Waals surface area contributed by atoms with Crippen LogP contribution in [0.25, 0.3) is 0 Å². The zero-order chi connectivity index (χ0) is 12.2. The summed E-state index contributed by atoms with van der Waals surface area (Å²) >= 11 is 7.00. The average Bonchev–Trinajstić information content (AvgIpc) is 2.23. The summed E-state index contributed by atoms with van der Waals surface area (Å²) in [5.41, 5.74) is 1.42. The van der Waals surface area contributed by atoms with E-state index in [1.54, 1.807) is 0 Å². The molecule has 0 saturated heterocycles. The van der Waals surface area contributed by atoms with Gasteiger partial charge in [0, 0.05) is 9.80 Å².